The minimum Gasteiger partial charge on any atom is -0.338 e. The topological polar surface area (TPSA) is 54.0 Å². The molecule has 0 aliphatic heterocycles. The Hall–Kier alpha value is -3.14. The van der Waals surface area contributed by atoms with Gasteiger partial charge in [-0.25, -0.2) is 4.79 Å². The quantitative estimate of drug-likeness (QED) is 0.537. The largest absolute Gasteiger partial charge is 0.338 e. The van der Waals surface area contributed by atoms with E-state index in [1.54, 1.807) is 0 Å². The van der Waals surface area contributed by atoms with Crippen molar-refractivity contribution in [2.45, 2.75) is 33.1 Å². The van der Waals surface area contributed by atoms with Crippen LogP contribution in [0.15, 0.2) is 66.9 Å². The van der Waals surface area contributed by atoms with Gasteiger partial charge in [-0.3, -0.25) is 4.98 Å². The molecule has 0 fully saturated rings. The number of anilines is 1. The van der Waals surface area contributed by atoms with Gasteiger partial charge in [-0.1, -0.05) is 42.0 Å². The van der Waals surface area contributed by atoms with E-state index in [0.29, 0.717) is 6.54 Å². The van der Waals surface area contributed by atoms with Gasteiger partial charge in [-0.15, -0.1) is 0 Å². The van der Waals surface area contributed by atoms with Gasteiger partial charge in [0.2, 0.25) is 0 Å². The molecule has 4 heteroatoms. The highest BCUT2D eigenvalue weighted by atomic mass is 16.2. The molecule has 0 bridgehead atoms. The summed E-state index contributed by atoms with van der Waals surface area (Å²) < 4.78 is 0. The molecule has 28 heavy (non-hydrogen) atoms. The number of nitrogens with one attached hydrogen (secondary N) is 2. The van der Waals surface area contributed by atoms with Crippen LogP contribution in [-0.2, 0) is 6.42 Å². The first kappa shape index (κ1) is 19.6. The van der Waals surface area contributed by atoms with E-state index in [9.17, 15) is 4.79 Å². The number of carbonyl (C=O) groups excluding carboxylic acids is 1. The molecular formula is C24H27N3O. The van der Waals surface area contributed by atoms with Crippen molar-refractivity contribution in [3.8, 4) is 11.1 Å². The molecule has 0 radical (unpaired) electrons. The van der Waals surface area contributed by atoms with Crippen molar-refractivity contribution in [1.82, 2.24) is 10.3 Å². The zero-order chi connectivity index (χ0) is 19.8. The number of benzene rings is 2. The Labute approximate surface area is 167 Å². The zero-order valence-electron chi connectivity index (χ0n) is 16.5. The van der Waals surface area contributed by atoms with Crippen LogP contribution >= 0.6 is 0 Å². The highest BCUT2D eigenvalue weighted by Crippen LogP contribution is 2.21. The van der Waals surface area contributed by atoms with E-state index in [2.05, 4.69) is 46.8 Å². The second kappa shape index (κ2) is 9.70. The number of urea groups is 1. The third kappa shape index (κ3) is 5.95. The minimum absolute atomic E-state index is 0.164. The summed E-state index contributed by atoms with van der Waals surface area (Å²) in [5.41, 5.74) is 6.65. The molecule has 0 aliphatic carbocycles. The monoisotopic (exact) mass is 373 g/mol. The normalized spacial score (nSPS) is 10.5. The van der Waals surface area contributed by atoms with Gasteiger partial charge in [0.05, 0.1) is 0 Å². The van der Waals surface area contributed by atoms with Crippen molar-refractivity contribution in [1.29, 1.82) is 0 Å². The molecule has 1 aromatic heterocycles. The summed E-state index contributed by atoms with van der Waals surface area (Å²) in [6.07, 6.45) is 4.87. The smallest absolute Gasteiger partial charge is 0.319 e. The lowest BCUT2D eigenvalue weighted by atomic mass is 10.1. The second-order valence-electron chi connectivity index (χ2n) is 7.09. The Bertz CT molecular complexity index is 919. The average molecular weight is 374 g/mol. The maximum absolute atomic E-state index is 12.1. The first-order valence-electron chi connectivity index (χ1n) is 9.74. The lowest BCUT2D eigenvalue weighted by molar-refractivity contribution is 0.252. The van der Waals surface area contributed by atoms with E-state index >= 15 is 0 Å². The molecule has 2 amide bonds. The van der Waals surface area contributed by atoms with Crippen LogP contribution in [0.1, 0.15) is 29.7 Å². The van der Waals surface area contributed by atoms with Gasteiger partial charge in [-0.05, 0) is 74.1 Å². The van der Waals surface area contributed by atoms with Gasteiger partial charge >= 0.3 is 6.03 Å². The van der Waals surface area contributed by atoms with Crippen molar-refractivity contribution in [2.24, 2.45) is 0 Å². The van der Waals surface area contributed by atoms with Crippen molar-refractivity contribution < 1.29 is 4.79 Å². The molecular weight excluding hydrogens is 346 g/mol. The number of carbonyl (C=O) groups is 1. The summed E-state index contributed by atoms with van der Waals surface area (Å²) in [5.74, 6) is 0. The SMILES string of the molecule is Cc1cccc(CCCCNC(=O)Nc2ccc(-c3ccnc(C)c3)cc2)c1. The maximum atomic E-state index is 12.1. The number of hydrogen-bond acceptors (Lipinski definition) is 2. The molecule has 3 rings (SSSR count). The Morgan fingerprint density at radius 2 is 1.75 bits per heavy atom. The highest BCUT2D eigenvalue weighted by Gasteiger charge is 2.03. The molecule has 0 spiro atoms. The van der Waals surface area contributed by atoms with Crippen LogP contribution in [0.5, 0.6) is 0 Å². The minimum atomic E-state index is -0.164. The number of pyridine rings is 1. The summed E-state index contributed by atoms with van der Waals surface area (Å²) >= 11 is 0. The van der Waals surface area contributed by atoms with Crippen molar-refractivity contribution in [3.63, 3.8) is 0 Å². The van der Waals surface area contributed by atoms with Gasteiger partial charge in [0, 0.05) is 24.1 Å². The predicted octanol–water partition coefficient (Wildman–Crippen LogP) is 5.51. The van der Waals surface area contributed by atoms with E-state index in [-0.39, 0.29) is 6.03 Å². The first-order chi connectivity index (χ1) is 13.6. The van der Waals surface area contributed by atoms with E-state index in [4.69, 9.17) is 0 Å². The van der Waals surface area contributed by atoms with E-state index < -0.39 is 0 Å². The number of unbranched alkanes of at least 4 members (excludes halogenated alkanes) is 1. The molecule has 2 aromatic carbocycles. The average Bonchev–Trinajstić information content (AvgIpc) is 2.68. The number of rotatable bonds is 7. The number of aromatic nitrogens is 1. The lowest BCUT2D eigenvalue weighted by Gasteiger charge is -2.09. The summed E-state index contributed by atoms with van der Waals surface area (Å²) in [6, 6.07) is 20.3. The Morgan fingerprint density at radius 1 is 0.929 bits per heavy atom. The number of nitrogens with zero attached hydrogens (tertiary/aromatic N) is 1. The highest BCUT2D eigenvalue weighted by molar-refractivity contribution is 5.89. The van der Waals surface area contributed by atoms with Gasteiger partial charge in [0.25, 0.3) is 0 Å². The maximum Gasteiger partial charge on any atom is 0.319 e. The molecule has 4 nitrogen and oxygen atoms in total. The van der Waals surface area contributed by atoms with Gasteiger partial charge in [-0.2, -0.15) is 0 Å². The summed E-state index contributed by atoms with van der Waals surface area (Å²) in [4.78, 5) is 16.3. The van der Waals surface area contributed by atoms with Crippen LogP contribution in [0.25, 0.3) is 11.1 Å². The number of hydrogen-bond donors (Lipinski definition) is 2. The molecule has 2 N–H and O–H groups in total. The Balaban J connectivity index is 1.40. The first-order valence-corrected chi connectivity index (χ1v) is 9.74. The molecule has 3 aromatic rings. The van der Waals surface area contributed by atoms with E-state index in [1.807, 2.05) is 49.5 Å². The standard InChI is InChI=1S/C24H27N3O/c1-18-6-5-8-20(16-18)7-3-4-14-26-24(28)27-23-11-9-21(10-12-23)22-13-15-25-19(2)17-22/h5-6,8-13,15-17H,3-4,7,14H2,1-2H3,(H2,26,27,28). The lowest BCUT2D eigenvalue weighted by Crippen LogP contribution is -2.29. The van der Waals surface area contributed by atoms with E-state index in [1.165, 1.54) is 11.1 Å². The van der Waals surface area contributed by atoms with Crippen LogP contribution < -0.4 is 10.6 Å². The van der Waals surface area contributed by atoms with E-state index in [0.717, 1.165) is 41.8 Å². The van der Waals surface area contributed by atoms with Crippen LogP contribution in [-0.4, -0.2) is 17.6 Å². The van der Waals surface area contributed by atoms with Crippen LogP contribution in [0.4, 0.5) is 10.5 Å². The van der Waals surface area contributed by atoms with Crippen molar-refractivity contribution in [3.05, 3.63) is 83.7 Å². The van der Waals surface area contributed by atoms with Gasteiger partial charge in [0.15, 0.2) is 0 Å². The van der Waals surface area contributed by atoms with Crippen LogP contribution in [0.2, 0.25) is 0 Å². The summed E-state index contributed by atoms with van der Waals surface area (Å²) in [7, 11) is 0. The molecule has 0 atom stereocenters. The van der Waals surface area contributed by atoms with Crippen LogP contribution in [0, 0.1) is 13.8 Å². The number of amides is 2. The van der Waals surface area contributed by atoms with Gasteiger partial charge in [0.1, 0.15) is 0 Å². The molecule has 144 valence electrons. The Kier molecular flexibility index (Phi) is 6.79. The summed E-state index contributed by atoms with van der Waals surface area (Å²) in [6.45, 7) is 4.76. The molecule has 0 saturated carbocycles. The number of aryl methyl sites for hydroxylation is 3. The predicted molar refractivity (Wildman–Crippen MR) is 116 cm³/mol. The summed E-state index contributed by atoms with van der Waals surface area (Å²) in [5, 5.41) is 5.81. The molecule has 1 heterocycles. The fourth-order valence-corrected chi connectivity index (χ4v) is 3.17. The third-order valence-electron chi connectivity index (χ3n) is 4.63. The van der Waals surface area contributed by atoms with Gasteiger partial charge < -0.3 is 10.6 Å². The second-order valence-corrected chi connectivity index (χ2v) is 7.09. The van der Waals surface area contributed by atoms with Crippen LogP contribution in [0.3, 0.4) is 0 Å². The Morgan fingerprint density at radius 3 is 2.50 bits per heavy atom. The third-order valence-corrected chi connectivity index (χ3v) is 4.63. The molecule has 0 unspecified atom stereocenters. The molecule has 0 saturated heterocycles. The van der Waals surface area contributed by atoms with Crippen molar-refractivity contribution in [2.75, 3.05) is 11.9 Å². The van der Waals surface area contributed by atoms with Crippen molar-refractivity contribution >= 4 is 11.7 Å². The fourth-order valence-electron chi connectivity index (χ4n) is 3.17. The molecule has 0 aliphatic rings. The fraction of sp³-hybridized carbons (Fsp3) is 0.250. The zero-order valence-corrected chi connectivity index (χ0v) is 16.5.